The minimum absolute atomic E-state index is 0.131. The number of hydrogen-bond acceptors (Lipinski definition) is 3. The summed E-state index contributed by atoms with van der Waals surface area (Å²) in [5.74, 6) is -0.131. The van der Waals surface area contributed by atoms with Gasteiger partial charge < -0.3 is 4.90 Å². The molecule has 0 fully saturated rings. The van der Waals surface area contributed by atoms with Crippen molar-refractivity contribution in [2.24, 2.45) is 5.10 Å². The van der Waals surface area contributed by atoms with E-state index in [4.69, 9.17) is 0 Å². The molecule has 0 radical (unpaired) electrons. The fourth-order valence-electron chi connectivity index (χ4n) is 2.37. The normalized spacial score (nSPS) is 10.8. The Balaban J connectivity index is 1.86. The monoisotopic (exact) mass is 387 g/mol. The van der Waals surface area contributed by atoms with E-state index in [1.54, 1.807) is 6.21 Å². The zero-order valence-electron chi connectivity index (χ0n) is 14.0. The van der Waals surface area contributed by atoms with Gasteiger partial charge >= 0.3 is 0 Å². The highest BCUT2D eigenvalue weighted by atomic mass is 79.9. The van der Waals surface area contributed by atoms with Crippen LogP contribution in [-0.4, -0.2) is 25.2 Å². The number of amides is 1. The molecule has 0 saturated carbocycles. The zero-order valence-corrected chi connectivity index (χ0v) is 15.6. The first-order valence-corrected chi connectivity index (χ1v) is 8.83. The lowest BCUT2D eigenvalue weighted by Crippen LogP contribution is -2.21. The van der Waals surface area contributed by atoms with Crippen molar-refractivity contribution in [1.82, 2.24) is 5.43 Å². The third-order valence-electron chi connectivity index (χ3n) is 3.70. The molecule has 2 aromatic carbocycles. The number of hydrazone groups is 1. The Labute approximate surface area is 151 Å². The quantitative estimate of drug-likeness (QED) is 0.576. The van der Waals surface area contributed by atoms with E-state index in [9.17, 15) is 4.79 Å². The van der Waals surface area contributed by atoms with Crippen LogP contribution < -0.4 is 10.3 Å². The standard InChI is InChI=1S/C19H22BrN3O/c1-3-23(4-2)18-11-7-16(8-12-18)14-21-22-19(24)13-15-5-9-17(20)10-6-15/h5-12,14H,3-4,13H2,1-2H3,(H,22,24)/b21-14+. The minimum atomic E-state index is -0.131. The van der Waals surface area contributed by atoms with Gasteiger partial charge in [-0.25, -0.2) is 5.43 Å². The van der Waals surface area contributed by atoms with E-state index in [2.05, 4.69) is 57.3 Å². The van der Waals surface area contributed by atoms with E-state index < -0.39 is 0 Å². The van der Waals surface area contributed by atoms with Crippen molar-refractivity contribution in [2.45, 2.75) is 20.3 Å². The van der Waals surface area contributed by atoms with Gasteiger partial charge in [0.1, 0.15) is 0 Å². The van der Waals surface area contributed by atoms with Gasteiger partial charge in [0.25, 0.3) is 0 Å². The number of hydrogen-bond donors (Lipinski definition) is 1. The van der Waals surface area contributed by atoms with Crippen LogP contribution in [0.25, 0.3) is 0 Å². The molecule has 0 aliphatic heterocycles. The Bertz CT molecular complexity index is 677. The predicted molar refractivity (Wildman–Crippen MR) is 104 cm³/mol. The number of nitrogens with one attached hydrogen (secondary N) is 1. The molecule has 0 aromatic heterocycles. The van der Waals surface area contributed by atoms with Crippen LogP contribution in [0.1, 0.15) is 25.0 Å². The van der Waals surface area contributed by atoms with Gasteiger partial charge in [-0.05, 0) is 49.2 Å². The third-order valence-corrected chi connectivity index (χ3v) is 4.23. The molecule has 2 rings (SSSR count). The van der Waals surface area contributed by atoms with Gasteiger partial charge in [0, 0.05) is 23.2 Å². The van der Waals surface area contributed by atoms with Crippen LogP contribution >= 0.6 is 15.9 Å². The maximum Gasteiger partial charge on any atom is 0.244 e. The van der Waals surface area contributed by atoms with Crippen molar-refractivity contribution in [2.75, 3.05) is 18.0 Å². The molecule has 1 N–H and O–H groups in total. The Morgan fingerprint density at radius 3 is 2.29 bits per heavy atom. The number of halogens is 1. The second-order valence-electron chi connectivity index (χ2n) is 5.36. The van der Waals surface area contributed by atoms with Gasteiger partial charge in [-0.3, -0.25) is 4.79 Å². The summed E-state index contributed by atoms with van der Waals surface area (Å²) in [6, 6.07) is 15.8. The fourth-order valence-corrected chi connectivity index (χ4v) is 2.63. The third kappa shape index (κ3) is 5.49. The Morgan fingerprint density at radius 2 is 1.71 bits per heavy atom. The molecule has 0 unspecified atom stereocenters. The van der Waals surface area contributed by atoms with Crippen molar-refractivity contribution in [3.8, 4) is 0 Å². The maximum atomic E-state index is 11.9. The Hall–Kier alpha value is -2.14. The van der Waals surface area contributed by atoms with Crippen molar-refractivity contribution in [3.63, 3.8) is 0 Å². The summed E-state index contributed by atoms with van der Waals surface area (Å²) in [7, 11) is 0. The summed E-state index contributed by atoms with van der Waals surface area (Å²) in [4.78, 5) is 14.1. The molecular weight excluding hydrogens is 366 g/mol. The average Bonchev–Trinajstić information content (AvgIpc) is 2.59. The molecule has 4 nitrogen and oxygen atoms in total. The SMILES string of the molecule is CCN(CC)c1ccc(/C=N/NC(=O)Cc2ccc(Br)cc2)cc1. The minimum Gasteiger partial charge on any atom is -0.372 e. The topological polar surface area (TPSA) is 44.7 Å². The van der Waals surface area contributed by atoms with E-state index in [0.29, 0.717) is 6.42 Å². The van der Waals surface area contributed by atoms with Crippen molar-refractivity contribution in [1.29, 1.82) is 0 Å². The molecule has 0 aliphatic rings. The highest BCUT2D eigenvalue weighted by Crippen LogP contribution is 2.14. The smallest absolute Gasteiger partial charge is 0.244 e. The highest BCUT2D eigenvalue weighted by Gasteiger charge is 2.02. The van der Waals surface area contributed by atoms with Gasteiger partial charge in [-0.15, -0.1) is 0 Å². The fraction of sp³-hybridized carbons (Fsp3) is 0.263. The summed E-state index contributed by atoms with van der Waals surface area (Å²) in [6.07, 6.45) is 1.97. The molecule has 0 bridgehead atoms. The molecule has 2 aromatic rings. The number of anilines is 1. The first-order chi connectivity index (χ1) is 11.6. The molecule has 24 heavy (non-hydrogen) atoms. The first-order valence-electron chi connectivity index (χ1n) is 8.03. The lowest BCUT2D eigenvalue weighted by Gasteiger charge is -2.20. The summed E-state index contributed by atoms with van der Waals surface area (Å²) >= 11 is 3.38. The van der Waals surface area contributed by atoms with Crippen LogP contribution in [0.4, 0.5) is 5.69 Å². The van der Waals surface area contributed by atoms with Gasteiger partial charge in [0.15, 0.2) is 0 Å². The van der Waals surface area contributed by atoms with Crippen LogP contribution in [0.3, 0.4) is 0 Å². The highest BCUT2D eigenvalue weighted by molar-refractivity contribution is 9.10. The lowest BCUT2D eigenvalue weighted by molar-refractivity contribution is -0.120. The molecule has 5 heteroatoms. The van der Waals surface area contributed by atoms with Crippen molar-refractivity contribution in [3.05, 3.63) is 64.1 Å². The second-order valence-corrected chi connectivity index (χ2v) is 6.28. The van der Waals surface area contributed by atoms with E-state index in [0.717, 1.165) is 28.7 Å². The van der Waals surface area contributed by atoms with Crippen LogP contribution in [0.2, 0.25) is 0 Å². The van der Waals surface area contributed by atoms with Gasteiger partial charge in [-0.2, -0.15) is 5.10 Å². The Kier molecular flexibility index (Phi) is 7.00. The van der Waals surface area contributed by atoms with Crippen molar-refractivity contribution < 1.29 is 4.79 Å². The van der Waals surface area contributed by atoms with Gasteiger partial charge in [0.05, 0.1) is 12.6 Å². The van der Waals surface area contributed by atoms with Gasteiger partial charge in [0.2, 0.25) is 5.91 Å². The summed E-state index contributed by atoms with van der Waals surface area (Å²) in [5.41, 5.74) is 5.66. The molecule has 0 spiro atoms. The van der Waals surface area contributed by atoms with Crippen LogP contribution in [0.5, 0.6) is 0 Å². The van der Waals surface area contributed by atoms with Crippen LogP contribution in [0, 0.1) is 0 Å². The predicted octanol–water partition coefficient (Wildman–Crippen LogP) is 3.99. The van der Waals surface area contributed by atoms with E-state index in [-0.39, 0.29) is 5.91 Å². The molecule has 1 amide bonds. The van der Waals surface area contributed by atoms with Crippen molar-refractivity contribution >= 4 is 33.7 Å². The van der Waals surface area contributed by atoms with Crippen LogP contribution in [-0.2, 0) is 11.2 Å². The lowest BCUT2D eigenvalue weighted by atomic mass is 10.1. The van der Waals surface area contributed by atoms with Crippen LogP contribution in [0.15, 0.2) is 58.1 Å². The number of rotatable bonds is 7. The number of carbonyl (C=O) groups excluding carboxylic acids is 1. The largest absolute Gasteiger partial charge is 0.372 e. The summed E-state index contributed by atoms with van der Waals surface area (Å²) in [6.45, 7) is 6.24. The second kappa shape index (κ2) is 9.23. The molecule has 0 atom stereocenters. The number of carbonyl (C=O) groups is 1. The maximum absolute atomic E-state index is 11.9. The summed E-state index contributed by atoms with van der Waals surface area (Å²) < 4.78 is 0.998. The number of benzene rings is 2. The molecule has 126 valence electrons. The zero-order chi connectivity index (χ0) is 17.4. The van der Waals surface area contributed by atoms with E-state index in [1.807, 2.05) is 36.4 Å². The molecule has 0 saturated heterocycles. The average molecular weight is 388 g/mol. The molecular formula is C19H22BrN3O. The first kappa shape index (κ1) is 18.2. The molecule has 0 aliphatic carbocycles. The van der Waals surface area contributed by atoms with E-state index >= 15 is 0 Å². The number of nitrogens with zero attached hydrogens (tertiary/aromatic N) is 2. The summed E-state index contributed by atoms with van der Waals surface area (Å²) in [5, 5.41) is 4.02. The molecule has 0 heterocycles. The van der Waals surface area contributed by atoms with Gasteiger partial charge in [-0.1, -0.05) is 40.2 Å². The van der Waals surface area contributed by atoms with E-state index in [1.165, 1.54) is 5.69 Å². The Morgan fingerprint density at radius 1 is 1.08 bits per heavy atom.